The summed E-state index contributed by atoms with van der Waals surface area (Å²) in [5, 5.41) is 12.2. The van der Waals surface area contributed by atoms with Gasteiger partial charge >= 0.3 is 0 Å². The molecule has 1 aromatic carbocycles. The third-order valence-electron chi connectivity index (χ3n) is 5.76. The van der Waals surface area contributed by atoms with Gasteiger partial charge in [-0.1, -0.05) is 6.07 Å². The van der Waals surface area contributed by atoms with Crippen LogP contribution < -0.4 is 5.32 Å². The molecule has 3 aliphatic rings. The van der Waals surface area contributed by atoms with Crippen LogP contribution in [0.25, 0.3) is 0 Å². The number of hydrogen-bond donors (Lipinski definition) is 1. The fourth-order valence-corrected chi connectivity index (χ4v) is 4.29. The minimum atomic E-state index is -1.14. The average molecular weight is 374 g/mol. The van der Waals surface area contributed by atoms with E-state index in [4.69, 9.17) is 5.26 Å². The molecule has 1 saturated carbocycles. The predicted octanol–water partition coefficient (Wildman–Crippen LogP) is 0.948. The summed E-state index contributed by atoms with van der Waals surface area (Å²) in [6.45, 7) is 1.19. The van der Waals surface area contributed by atoms with Crippen LogP contribution in [0, 0.1) is 29.0 Å². The second kappa shape index (κ2) is 6.89. The van der Waals surface area contributed by atoms with Crippen molar-refractivity contribution in [3.05, 3.63) is 35.6 Å². The van der Waals surface area contributed by atoms with Gasteiger partial charge in [0.05, 0.1) is 19.2 Å². The molecular formula is C19H20F2N4O2. The molecule has 0 spiro atoms. The van der Waals surface area contributed by atoms with E-state index in [-0.39, 0.29) is 49.2 Å². The fraction of sp³-hybridized carbons (Fsp3) is 0.526. The molecule has 2 aliphatic heterocycles. The van der Waals surface area contributed by atoms with Crippen LogP contribution in [0.2, 0.25) is 0 Å². The molecule has 2 heterocycles. The van der Waals surface area contributed by atoms with Crippen LogP contribution in [-0.4, -0.2) is 66.0 Å². The van der Waals surface area contributed by atoms with Gasteiger partial charge in [0.1, 0.15) is 18.0 Å². The van der Waals surface area contributed by atoms with Crippen LogP contribution in [0.5, 0.6) is 0 Å². The molecule has 1 aliphatic carbocycles. The first-order valence-electron chi connectivity index (χ1n) is 9.09. The monoisotopic (exact) mass is 374 g/mol. The van der Waals surface area contributed by atoms with Gasteiger partial charge in [0.25, 0.3) is 5.91 Å². The maximum Gasteiger partial charge on any atom is 0.253 e. The summed E-state index contributed by atoms with van der Waals surface area (Å²) in [4.78, 5) is 27.7. The Morgan fingerprint density at radius 3 is 2.67 bits per heavy atom. The first kappa shape index (κ1) is 17.9. The molecule has 1 aromatic rings. The maximum atomic E-state index is 13.4. The number of hydrogen-bond acceptors (Lipinski definition) is 4. The van der Waals surface area contributed by atoms with Gasteiger partial charge in [-0.15, -0.1) is 0 Å². The molecule has 0 bridgehead atoms. The molecule has 27 heavy (non-hydrogen) atoms. The second-order valence-electron chi connectivity index (χ2n) is 7.48. The van der Waals surface area contributed by atoms with Gasteiger partial charge in [0, 0.05) is 31.1 Å². The average Bonchev–Trinajstić information content (AvgIpc) is 2.99. The number of nitrogens with one attached hydrogen (secondary N) is 1. The predicted molar refractivity (Wildman–Crippen MR) is 91.7 cm³/mol. The number of alkyl halides is 1. The van der Waals surface area contributed by atoms with Gasteiger partial charge in [-0.25, -0.2) is 8.78 Å². The number of piperidine rings is 1. The van der Waals surface area contributed by atoms with Gasteiger partial charge in [-0.2, -0.15) is 5.26 Å². The van der Waals surface area contributed by atoms with Crippen molar-refractivity contribution in [2.24, 2.45) is 11.8 Å². The van der Waals surface area contributed by atoms with Crippen molar-refractivity contribution in [1.29, 1.82) is 5.26 Å². The molecular weight excluding hydrogens is 354 g/mol. The lowest BCUT2D eigenvalue weighted by Crippen LogP contribution is -2.43. The summed E-state index contributed by atoms with van der Waals surface area (Å²) in [5.74, 6) is -0.334. The van der Waals surface area contributed by atoms with E-state index in [1.54, 1.807) is 11.0 Å². The molecule has 0 aromatic heterocycles. The lowest BCUT2D eigenvalue weighted by Gasteiger charge is -2.22. The summed E-state index contributed by atoms with van der Waals surface area (Å²) in [5.41, 5.74) is 0.341. The number of carbonyl (C=O) groups is 2. The van der Waals surface area contributed by atoms with Crippen molar-refractivity contribution >= 4 is 11.8 Å². The Morgan fingerprint density at radius 2 is 2.00 bits per heavy atom. The number of nitriles is 1. The maximum absolute atomic E-state index is 13.4. The minimum absolute atomic E-state index is 0.0216. The van der Waals surface area contributed by atoms with Crippen LogP contribution in [-0.2, 0) is 4.79 Å². The van der Waals surface area contributed by atoms with Crippen LogP contribution >= 0.6 is 0 Å². The lowest BCUT2D eigenvalue weighted by molar-refractivity contribution is -0.130. The molecule has 8 heteroatoms. The van der Waals surface area contributed by atoms with Crippen molar-refractivity contribution in [1.82, 2.24) is 15.1 Å². The standard InChI is InChI=1S/C19H20F2N4O2/c20-12-3-1-2-11(4-12)19(27)24-9-15-16(10-24)18(15)23-7-17(26)25-8-13(21)5-14(25)6-22/h1-4,13-16,18,23H,5,7-10H2/t13-,14-,15?,16?,18?/m0/s1. The Morgan fingerprint density at radius 1 is 1.26 bits per heavy atom. The Bertz CT molecular complexity index is 799. The van der Waals surface area contributed by atoms with E-state index in [1.807, 2.05) is 6.07 Å². The van der Waals surface area contributed by atoms with E-state index >= 15 is 0 Å². The zero-order chi connectivity index (χ0) is 19.1. The number of amides is 2. The van der Waals surface area contributed by atoms with E-state index < -0.39 is 18.0 Å². The highest BCUT2D eigenvalue weighted by molar-refractivity contribution is 5.94. The van der Waals surface area contributed by atoms with Crippen LogP contribution in [0.3, 0.4) is 0 Å². The fourth-order valence-electron chi connectivity index (χ4n) is 4.29. The largest absolute Gasteiger partial charge is 0.338 e. The van der Waals surface area contributed by atoms with Gasteiger partial charge in [0.2, 0.25) is 5.91 Å². The van der Waals surface area contributed by atoms with Crippen LogP contribution in [0.4, 0.5) is 8.78 Å². The SMILES string of the molecule is N#C[C@@H]1C[C@H](F)CN1C(=O)CNC1C2CN(C(=O)c3cccc(F)c3)CC21. The lowest BCUT2D eigenvalue weighted by atomic mass is 10.2. The summed E-state index contributed by atoms with van der Waals surface area (Å²) < 4.78 is 26.7. The summed E-state index contributed by atoms with van der Waals surface area (Å²) in [6, 6.07) is 7.09. The van der Waals surface area contributed by atoms with Gasteiger partial charge in [0.15, 0.2) is 0 Å². The summed E-state index contributed by atoms with van der Waals surface area (Å²) in [7, 11) is 0. The molecule has 2 amide bonds. The van der Waals surface area contributed by atoms with Crippen molar-refractivity contribution in [2.45, 2.75) is 24.7 Å². The molecule has 0 radical (unpaired) electrons. The second-order valence-corrected chi connectivity index (χ2v) is 7.48. The number of likely N-dealkylation sites (tertiary alicyclic amines) is 2. The number of halogens is 2. The number of carbonyl (C=O) groups excluding carboxylic acids is 2. The molecule has 4 atom stereocenters. The summed E-state index contributed by atoms with van der Waals surface area (Å²) >= 11 is 0. The first-order valence-corrected chi connectivity index (χ1v) is 9.09. The number of benzene rings is 1. The smallest absolute Gasteiger partial charge is 0.253 e. The van der Waals surface area contributed by atoms with Gasteiger partial charge < -0.3 is 15.1 Å². The van der Waals surface area contributed by atoms with E-state index in [0.717, 1.165) is 0 Å². The molecule has 2 saturated heterocycles. The van der Waals surface area contributed by atoms with Gasteiger partial charge in [-0.3, -0.25) is 9.59 Å². The normalized spacial score (nSPS) is 31.5. The van der Waals surface area contributed by atoms with E-state index in [1.165, 1.54) is 23.1 Å². The quantitative estimate of drug-likeness (QED) is 0.851. The first-order chi connectivity index (χ1) is 13.0. The number of fused-ring (bicyclic) bond motifs is 1. The summed E-state index contributed by atoms with van der Waals surface area (Å²) in [6.07, 6.45) is -1.06. The van der Waals surface area contributed by atoms with Crippen LogP contribution in [0.15, 0.2) is 24.3 Å². The Balaban J connectivity index is 1.25. The van der Waals surface area contributed by atoms with E-state index in [2.05, 4.69) is 5.32 Å². The zero-order valence-corrected chi connectivity index (χ0v) is 14.6. The molecule has 3 fully saturated rings. The highest BCUT2D eigenvalue weighted by Crippen LogP contribution is 2.45. The van der Waals surface area contributed by atoms with Crippen molar-refractivity contribution < 1.29 is 18.4 Å². The highest BCUT2D eigenvalue weighted by atomic mass is 19.1. The van der Waals surface area contributed by atoms with Gasteiger partial charge in [-0.05, 0) is 30.0 Å². The molecule has 1 N–H and O–H groups in total. The van der Waals surface area contributed by atoms with E-state index in [9.17, 15) is 18.4 Å². The third kappa shape index (κ3) is 3.39. The van der Waals surface area contributed by atoms with Crippen LogP contribution in [0.1, 0.15) is 16.8 Å². The molecule has 6 nitrogen and oxygen atoms in total. The number of rotatable bonds is 4. The minimum Gasteiger partial charge on any atom is -0.338 e. The van der Waals surface area contributed by atoms with E-state index in [0.29, 0.717) is 18.7 Å². The highest BCUT2D eigenvalue weighted by Gasteiger charge is 2.56. The Labute approximate surface area is 155 Å². The Kier molecular flexibility index (Phi) is 4.56. The number of nitrogens with zero attached hydrogens (tertiary/aromatic N) is 3. The molecule has 2 unspecified atom stereocenters. The zero-order valence-electron chi connectivity index (χ0n) is 14.6. The van der Waals surface area contributed by atoms with Crippen molar-refractivity contribution in [2.75, 3.05) is 26.2 Å². The topological polar surface area (TPSA) is 76.4 Å². The molecule has 142 valence electrons. The van der Waals surface area contributed by atoms with Crippen molar-refractivity contribution in [3.8, 4) is 6.07 Å². The third-order valence-corrected chi connectivity index (χ3v) is 5.76. The van der Waals surface area contributed by atoms with Crippen molar-refractivity contribution in [3.63, 3.8) is 0 Å². The Hall–Kier alpha value is -2.53. The molecule has 4 rings (SSSR count).